The lowest BCUT2D eigenvalue weighted by Gasteiger charge is -2.37. The number of piperidine rings is 1. The molecule has 1 spiro atoms. The Hall–Kier alpha value is -2.08. The number of rotatable bonds is 6. The number of amides is 3. The van der Waals surface area contributed by atoms with E-state index in [0.717, 1.165) is 30.9 Å². The Morgan fingerprint density at radius 3 is 2.42 bits per heavy atom. The standard InChI is InChI=1S/C20H29N3O3/c1-15(2)14-22-10-8-20(9-11-22)18(24)23(19(25)21-20)12-13-26-17-6-4-16(3)5-7-17/h4-7,15H,8-14H2,1-3H3,(H,21,25). The maximum absolute atomic E-state index is 12.9. The first-order valence-electron chi connectivity index (χ1n) is 9.45. The lowest BCUT2D eigenvalue weighted by atomic mass is 9.87. The highest BCUT2D eigenvalue weighted by Gasteiger charge is 2.52. The summed E-state index contributed by atoms with van der Waals surface area (Å²) >= 11 is 0. The number of imide groups is 1. The number of carbonyl (C=O) groups excluding carboxylic acids is 2. The zero-order valence-corrected chi connectivity index (χ0v) is 16.0. The molecule has 0 atom stereocenters. The maximum atomic E-state index is 12.9. The first kappa shape index (κ1) is 18.7. The van der Waals surface area contributed by atoms with E-state index >= 15 is 0 Å². The fourth-order valence-electron chi connectivity index (χ4n) is 3.74. The molecule has 2 aliphatic heterocycles. The summed E-state index contributed by atoms with van der Waals surface area (Å²) in [5.41, 5.74) is 0.450. The highest BCUT2D eigenvalue weighted by Crippen LogP contribution is 2.29. The molecule has 6 heteroatoms. The van der Waals surface area contributed by atoms with E-state index in [1.807, 2.05) is 31.2 Å². The van der Waals surface area contributed by atoms with Gasteiger partial charge in [0, 0.05) is 19.6 Å². The minimum absolute atomic E-state index is 0.0980. The highest BCUT2D eigenvalue weighted by atomic mass is 16.5. The van der Waals surface area contributed by atoms with Gasteiger partial charge in [0.15, 0.2) is 0 Å². The molecule has 2 heterocycles. The van der Waals surface area contributed by atoms with Crippen molar-refractivity contribution < 1.29 is 14.3 Å². The molecule has 0 unspecified atom stereocenters. The number of benzene rings is 1. The highest BCUT2D eigenvalue weighted by molar-refractivity contribution is 6.07. The van der Waals surface area contributed by atoms with Gasteiger partial charge < -0.3 is 15.0 Å². The van der Waals surface area contributed by atoms with Crippen LogP contribution >= 0.6 is 0 Å². The van der Waals surface area contributed by atoms with Gasteiger partial charge in [-0.1, -0.05) is 31.5 Å². The molecule has 1 aromatic rings. The van der Waals surface area contributed by atoms with E-state index in [0.29, 0.717) is 25.4 Å². The largest absolute Gasteiger partial charge is 0.492 e. The van der Waals surface area contributed by atoms with Crippen molar-refractivity contribution in [1.82, 2.24) is 15.1 Å². The molecular formula is C20H29N3O3. The van der Waals surface area contributed by atoms with E-state index in [1.165, 1.54) is 4.90 Å². The van der Waals surface area contributed by atoms with Crippen molar-refractivity contribution in [2.45, 2.75) is 39.2 Å². The quantitative estimate of drug-likeness (QED) is 0.793. The normalized spacial score (nSPS) is 20.1. The molecule has 26 heavy (non-hydrogen) atoms. The Bertz CT molecular complexity index is 649. The van der Waals surface area contributed by atoms with Crippen LogP contribution in [-0.2, 0) is 4.79 Å². The molecule has 0 aliphatic carbocycles. The predicted octanol–water partition coefficient (Wildman–Crippen LogP) is 2.42. The number of ether oxygens (including phenoxy) is 1. The first-order chi connectivity index (χ1) is 12.4. The molecule has 2 fully saturated rings. The molecule has 0 aromatic heterocycles. The third-order valence-corrected chi connectivity index (χ3v) is 5.18. The fourth-order valence-corrected chi connectivity index (χ4v) is 3.74. The number of likely N-dealkylation sites (tertiary alicyclic amines) is 1. The zero-order chi connectivity index (χ0) is 18.7. The van der Waals surface area contributed by atoms with Crippen LogP contribution < -0.4 is 10.1 Å². The molecule has 1 N–H and O–H groups in total. The molecule has 3 amide bonds. The van der Waals surface area contributed by atoms with Crippen LogP contribution in [0, 0.1) is 12.8 Å². The Balaban J connectivity index is 1.53. The number of nitrogens with one attached hydrogen (secondary N) is 1. The summed E-state index contributed by atoms with van der Waals surface area (Å²) in [6.45, 7) is 9.71. The molecule has 2 aliphatic rings. The van der Waals surface area contributed by atoms with E-state index in [-0.39, 0.29) is 18.5 Å². The third-order valence-electron chi connectivity index (χ3n) is 5.18. The van der Waals surface area contributed by atoms with Crippen LogP contribution in [0.3, 0.4) is 0 Å². The molecule has 142 valence electrons. The second-order valence-electron chi connectivity index (χ2n) is 7.83. The van der Waals surface area contributed by atoms with Gasteiger partial charge in [0.05, 0.1) is 6.54 Å². The van der Waals surface area contributed by atoms with Crippen molar-refractivity contribution in [2.24, 2.45) is 5.92 Å². The van der Waals surface area contributed by atoms with Crippen molar-refractivity contribution in [3.8, 4) is 5.75 Å². The number of aryl methyl sites for hydroxylation is 1. The van der Waals surface area contributed by atoms with E-state index in [9.17, 15) is 9.59 Å². The molecule has 2 saturated heterocycles. The predicted molar refractivity (Wildman–Crippen MR) is 100 cm³/mol. The molecular weight excluding hydrogens is 330 g/mol. The zero-order valence-electron chi connectivity index (χ0n) is 16.0. The van der Waals surface area contributed by atoms with Gasteiger partial charge in [0.25, 0.3) is 5.91 Å². The van der Waals surface area contributed by atoms with E-state index in [1.54, 1.807) is 0 Å². The smallest absolute Gasteiger partial charge is 0.325 e. The Morgan fingerprint density at radius 2 is 1.81 bits per heavy atom. The van der Waals surface area contributed by atoms with Gasteiger partial charge in [0.1, 0.15) is 17.9 Å². The topological polar surface area (TPSA) is 61.9 Å². The van der Waals surface area contributed by atoms with Gasteiger partial charge in [-0.25, -0.2) is 4.79 Å². The number of hydrogen-bond acceptors (Lipinski definition) is 4. The van der Waals surface area contributed by atoms with Crippen LogP contribution in [-0.4, -0.2) is 60.1 Å². The monoisotopic (exact) mass is 359 g/mol. The number of hydrogen-bond donors (Lipinski definition) is 1. The summed E-state index contributed by atoms with van der Waals surface area (Å²) in [4.78, 5) is 28.9. The fraction of sp³-hybridized carbons (Fsp3) is 0.600. The maximum Gasteiger partial charge on any atom is 0.325 e. The second-order valence-corrected chi connectivity index (χ2v) is 7.83. The Kier molecular flexibility index (Phi) is 5.51. The summed E-state index contributed by atoms with van der Waals surface area (Å²) in [6.07, 6.45) is 1.36. The summed E-state index contributed by atoms with van der Waals surface area (Å²) < 4.78 is 5.67. The minimum atomic E-state index is -0.714. The van der Waals surface area contributed by atoms with Gasteiger partial charge in [0.2, 0.25) is 0 Å². The van der Waals surface area contributed by atoms with Crippen molar-refractivity contribution in [3.05, 3.63) is 29.8 Å². The van der Waals surface area contributed by atoms with Crippen LogP contribution in [0.15, 0.2) is 24.3 Å². The van der Waals surface area contributed by atoms with E-state index < -0.39 is 5.54 Å². The van der Waals surface area contributed by atoms with Gasteiger partial charge in [-0.3, -0.25) is 9.69 Å². The van der Waals surface area contributed by atoms with Crippen LogP contribution in [0.4, 0.5) is 4.79 Å². The van der Waals surface area contributed by atoms with Gasteiger partial charge in [-0.2, -0.15) is 0 Å². The number of carbonyl (C=O) groups is 2. The third kappa shape index (κ3) is 4.01. The number of urea groups is 1. The van der Waals surface area contributed by atoms with Crippen LogP contribution in [0.1, 0.15) is 32.3 Å². The average Bonchev–Trinajstić information content (AvgIpc) is 2.82. The van der Waals surface area contributed by atoms with Crippen LogP contribution in [0.2, 0.25) is 0 Å². The van der Waals surface area contributed by atoms with Gasteiger partial charge >= 0.3 is 6.03 Å². The summed E-state index contributed by atoms with van der Waals surface area (Å²) in [5.74, 6) is 1.26. The SMILES string of the molecule is Cc1ccc(OCCN2C(=O)NC3(CCN(CC(C)C)CC3)C2=O)cc1. The number of nitrogens with zero attached hydrogens (tertiary/aromatic N) is 2. The minimum Gasteiger partial charge on any atom is -0.492 e. The summed E-state index contributed by atoms with van der Waals surface area (Å²) in [5, 5.41) is 2.95. The summed E-state index contributed by atoms with van der Waals surface area (Å²) in [7, 11) is 0. The lowest BCUT2D eigenvalue weighted by Crippen LogP contribution is -2.55. The van der Waals surface area contributed by atoms with Crippen LogP contribution in [0.25, 0.3) is 0 Å². The van der Waals surface area contributed by atoms with Gasteiger partial charge in [-0.05, 0) is 37.8 Å². The molecule has 1 aromatic carbocycles. The van der Waals surface area contributed by atoms with Crippen LogP contribution in [0.5, 0.6) is 5.75 Å². The average molecular weight is 359 g/mol. The Labute approximate surface area is 155 Å². The summed E-state index contributed by atoms with van der Waals surface area (Å²) in [6, 6.07) is 7.45. The molecule has 6 nitrogen and oxygen atoms in total. The van der Waals surface area contributed by atoms with E-state index in [2.05, 4.69) is 24.1 Å². The van der Waals surface area contributed by atoms with Gasteiger partial charge in [-0.15, -0.1) is 0 Å². The van der Waals surface area contributed by atoms with Crippen molar-refractivity contribution in [3.63, 3.8) is 0 Å². The molecule has 3 rings (SSSR count). The second kappa shape index (κ2) is 7.66. The van der Waals surface area contributed by atoms with Crippen molar-refractivity contribution in [1.29, 1.82) is 0 Å². The molecule has 0 saturated carbocycles. The first-order valence-corrected chi connectivity index (χ1v) is 9.45. The van der Waals surface area contributed by atoms with Crippen molar-refractivity contribution >= 4 is 11.9 Å². The Morgan fingerprint density at radius 1 is 1.15 bits per heavy atom. The molecule has 0 bridgehead atoms. The van der Waals surface area contributed by atoms with E-state index in [4.69, 9.17) is 4.74 Å². The molecule has 0 radical (unpaired) electrons. The van der Waals surface area contributed by atoms with Crippen molar-refractivity contribution in [2.75, 3.05) is 32.8 Å². The lowest BCUT2D eigenvalue weighted by molar-refractivity contribution is -0.133.